The Morgan fingerprint density at radius 3 is 1.42 bits per heavy atom. The van der Waals surface area contributed by atoms with Gasteiger partial charge in [-0.25, -0.2) is 0 Å². The molecule has 0 bridgehead atoms. The van der Waals surface area contributed by atoms with Crippen molar-refractivity contribution in [3.05, 3.63) is 65.2 Å². The molecule has 57 heavy (non-hydrogen) atoms. The molecule has 2 aliphatic rings. The maximum Gasteiger partial charge on any atom is 0.458 e. The van der Waals surface area contributed by atoms with E-state index in [2.05, 4.69) is 13.8 Å². The number of hydrogen-bond donors (Lipinski definition) is 1. The minimum absolute atomic E-state index is 0.0200. The maximum atomic E-state index is 13.5. The molecule has 0 spiro atoms. The first-order valence-electron chi connectivity index (χ1n) is 20.2. The molecule has 2 aromatic carbocycles. The van der Waals surface area contributed by atoms with E-state index in [0.29, 0.717) is 54.5 Å². The minimum Gasteiger partial charge on any atom is -0.481 e. The normalized spacial score (nSPS) is 22.0. The topological polar surface area (TPSA) is 63.6 Å². The third kappa shape index (κ3) is 13.1. The average Bonchev–Trinajstić information content (AvgIpc) is 3.16. The smallest absolute Gasteiger partial charge is 0.458 e. The molecule has 2 aliphatic carbocycles. The summed E-state index contributed by atoms with van der Waals surface area (Å²) in [6.07, 6.45) is 7.22. The predicted molar refractivity (Wildman–Crippen MR) is 197 cm³/mol. The zero-order valence-corrected chi connectivity index (χ0v) is 32.7. The summed E-state index contributed by atoms with van der Waals surface area (Å²) in [6, 6.07) is 6.88. The van der Waals surface area contributed by atoms with Gasteiger partial charge in [-0.2, -0.15) is 43.9 Å². The predicted octanol–water partition coefficient (Wildman–Crippen LogP) is 14.2. The highest BCUT2D eigenvalue weighted by molar-refractivity contribution is 5.81. The molecule has 4 rings (SSSR count). The average molecular weight is 827 g/mol. The molecular weight excluding hydrogens is 770 g/mol. The van der Waals surface area contributed by atoms with Crippen LogP contribution >= 0.6 is 0 Å². The number of aliphatic carboxylic acids is 1. The summed E-state index contributed by atoms with van der Waals surface area (Å²) < 4.78 is 134. The number of carbonyl (C=O) groups excluding carboxylic acids is 1. The van der Waals surface area contributed by atoms with Crippen molar-refractivity contribution in [1.29, 1.82) is 0 Å². The minimum atomic E-state index is -5.69. The lowest BCUT2D eigenvalue weighted by atomic mass is 9.66. The van der Waals surface area contributed by atoms with Gasteiger partial charge in [0.2, 0.25) is 0 Å². The van der Waals surface area contributed by atoms with E-state index >= 15 is 0 Å². The van der Waals surface area contributed by atoms with Gasteiger partial charge in [-0.15, -0.1) is 0 Å². The van der Waals surface area contributed by atoms with Crippen LogP contribution in [0.3, 0.4) is 0 Å². The van der Waals surface area contributed by atoms with Gasteiger partial charge in [-0.05, 0) is 93.0 Å². The molecule has 0 atom stereocenters. The maximum absolute atomic E-state index is 13.5. The first-order valence-corrected chi connectivity index (χ1v) is 20.2. The number of carboxylic acids is 1. The molecule has 1 N–H and O–H groups in total. The van der Waals surface area contributed by atoms with Gasteiger partial charge in [0.05, 0.1) is 11.3 Å². The highest BCUT2D eigenvalue weighted by atomic mass is 19.4. The third-order valence-corrected chi connectivity index (χ3v) is 11.7. The van der Waals surface area contributed by atoms with Gasteiger partial charge in [-0.1, -0.05) is 109 Å². The number of esters is 1. The van der Waals surface area contributed by atoms with Gasteiger partial charge in [-0.3, -0.25) is 9.59 Å². The van der Waals surface area contributed by atoms with E-state index < -0.39 is 52.7 Å². The van der Waals surface area contributed by atoms with Crippen molar-refractivity contribution in [2.45, 2.75) is 165 Å². The van der Waals surface area contributed by atoms with E-state index in [4.69, 9.17) is 4.74 Å². The molecule has 0 saturated heterocycles. The summed E-state index contributed by atoms with van der Waals surface area (Å²) in [5.41, 5.74) is -3.27. The quantitative estimate of drug-likeness (QED) is 0.0747. The Kier molecular flexibility index (Phi) is 17.8. The Labute approximate surface area is 329 Å². The van der Waals surface area contributed by atoms with E-state index in [-0.39, 0.29) is 11.7 Å². The molecule has 4 nitrogen and oxygen atoms in total. The number of carbonyl (C=O) groups is 2. The number of halogens is 10. The highest BCUT2D eigenvalue weighted by Crippen LogP contribution is 2.47. The summed E-state index contributed by atoms with van der Waals surface area (Å²) in [4.78, 5) is 24.3. The van der Waals surface area contributed by atoms with Crippen LogP contribution in [0, 0.1) is 17.8 Å². The highest BCUT2D eigenvalue weighted by Gasteiger charge is 2.59. The number of unbranched alkanes of at least 4 members (excludes halogenated alkanes) is 7. The Morgan fingerprint density at radius 2 is 1.00 bits per heavy atom. The summed E-state index contributed by atoms with van der Waals surface area (Å²) >= 11 is 0. The number of alkyl halides is 10. The fourth-order valence-electron chi connectivity index (χ4n) is 7.93. The second kappa shape index (κ2) is 21.1. The van der Waals surface area contributed by atoms with Crippen molar-refractivity contribution in [1.82, 2.24) is 0 Å². The molecule has 2 aromatic rings. The van der Waals surface area contributed by atoms with E-state index in [1.54, 1.807) is 0 Å². The van der Waals surface area contributed by atoms with Crippen LogP contribution in [0.4, 0.5) is 43.9 Å². The lowest BCUT2D eigenvalue weighted by molar-refractivity contribution is -0.289. The lowest BCUT2D eigenvalue weighted by Crippen LogP contribution is -2.40. The second-order valence-corrected chi connectivity index (χ2v) is 15.8. The van der Waals surface area contributed by atoms with Gasteiger partial charge in [0, 0.05) is 11.1 Å². The Morgan fingerprint density at radius 1 is 0.596 bits per heavy atom. The van der Waals surface area contributed by atoms with Crippen molar-refractivity contribution >= 4 is 11.9 Å². The van der Waals surface area contributed by atoms with Crippen LogP contribution in [0.1, 0.15) is 153 Å². The standard InChI is InChI=1S/C22H29F5O2.C21H27F5O2/c1-2-3-4-5-6-7-16-12-14-20(15-13-16,19(28)29)17-8-10-18(11-9-17)21(23,24)22(25,26)27;1-2-3-4-5-6-15-7-9-16(10-8-15)19(27)28-18-13-11-17(12-14-18)20(22,23)21(24,25)26/h8-11,16H,2-7,12-15H2,1H3,(H,28,29);11-16H,2-10H2,1H3/t16-,20-;15-,16-. The van der Waals surface area contributed by atoms with Crippen molar-refractivity contribution in [3.63, 3.8) is 0 Å². The summed E-state index contributed by atoms with van der Waals surface area (Å²) in [7, 11) is 0. The Hall–Kier alpha value is -3.32. The number of hydrogen-bond acceptors (Lipinski definition) is 3. The zero-order chi connectivity index (χ0) is 42.5. The van der Waals surface area contributed by atoms with Crippen molar-refractivity contribution < 1.29 is 63.3 Å². The van der Waals surface area contributed by atoms with Crippen LogP contribution in [-0.4, -0.2) is 29.4 Å². The van der Waals surface area contributed by atoms with Crippen LogP contribution in [-0.2, 0) is 26.8 Å². The molecule has 322 valence electrons. The largest absolute Gasteiger partial charge is 0.481 e. The SMILES string of the molecule is CCCCCCC[C@H]1CC[C@@](C(=O)O)(c2ccc(C(F)(F)C(F)(F)F)cc2)CC1.CCCCCC[C@H]1CC[C@H](C(=O)Oc2ccc(C(F)(F)C(F)(F)F)cc2)CC1. The molecular formula is C43H56F10O4. The number of ether oxygens (including phenoxy) is 1. The lowest BCUT2D eigenvalue weighted by Gasteiger charge is -2.37. The van der Waals surface area contributed by atoms with Gasteiger partial charge in [0.15, 0.2) is 0 Å². The van der Waals surface area contributed by atoms with Gasteiger partial charge in [0.1, 0.15) is 5.75 Å². The fraction of sp³-hybridized carbons (Fsp3) is 0.674. The monoisotopic (exact) mass is 826 g/mol. The van der Waals surface area contributed by atoms with Crippen molar-refractivity contribution in [3.8, 4) is 5.75 Å². The summed E-state index contributed by atoms with van der Waals surface area (Å²) in [6.45, 7) is 4.33. The van der Waals surface area contributed by atoms with E-state index in [9.17, 15) is 58.6 Å². The molecule has 2 saturated carbocycles. The molecule has 14 heteroatoms. The Balaban J connectivity index is 0.000000306. The molecule has 2 fully saturated rings. The van der Waals surface area contributed by atoms with Crippen LogP contribution in [0.5, 0.6) is 5.75 Å². The van der Waals surface area contributed by atoms with Gasteiger partial charge < -0.3 is 9.84 Å². The number of benzene rings is 2. The molecule has 0 unspecified atom stereocenters. The molecule has 0 amide bonds. The molecule has 0 aromatic heterocycles. The van der Waals surface area contributed by atoms with Gasteiger partial charge >= 0.3 is 36.1 Å². The first kappa shape index (κ1) is 48.1. The summed E-state index contributed by atoms with van der Waals surface area (Å²) in [5.74, 6) is -10.6. The van der Waals surface area contributed by atoms with Crippen LogP contribution in [0.2, 0.25) is 0 Å². The first-order chi connectivity index (χ1) is 26.7. The third-order valence-electron chi connectivity index (χ3n) is 11.7. The molecule has 0 heterocycles. The molecule has 0 radical (unpaired) electrons. The van der Waals surface area contributed by atoms with Crippen molar-refractivity contribution in [2.24, 2.45) is 17.8 Å². The van der Waals surface area contributed by atoms with Gasteiger partial charge in [0.25, 0.3) is 0 Å². The fourth-order valence-corrected chi connectivity index (χ4v) is 7.93. The van der Waals surface area contributed by atoms with Crippen LogP contribution < -0.4 is 4.74 Å². The second-order valence-electron chi connectivity index (χ2n) is 15.8. The van der Waals surface area contributed by atoms with Crippen LogP contribution in [0.25, 0.3) is 0 Å². The number of rotatable bonds is 17. The summed E-state index contributed by atoms with van der Waals surface area (Å²) in [5, 5.41) is 9.83. The zero-order valence-electron chi connectivity index (χ0n) is 32.7. The van der Waals surface area contributed by atoms with Crippen LogP contribution in [0.15, 0.2) is 48.5 Å². The van der Waals surface area contributed by atoms with E-state index in [0.717, 1.165) is 75.6 Å². The van der Waals surface area contributed by atoms with Crippen molar-refractivity contribution in [2.75, 3.05) is 0 Å². The van der Waals surface area contributed by atoms with E-state index in [1.165, 1.54) is 57.8 Å². The molecule has 0 aliphatic heterocycles. The van der Waals surface area contributed by atoms with E-state index in [1.807, 2.05) is 0 Å². The number of carboxylic acid groups (broad SMARTS) is 1. The Bertz CT molecular complexity index is 1500.